The van der Waals surface area contributed by atoms with Gasteiger partial charge in [-0.05, 0) is 24.6 Å². The molecule has 6 rings (SSSR count). The van der Waals surface area contributed by atoms with Gasteiger partial charge in [0.15, 0.2) is 29.1 Å². The Balaban J connectivity index is 1.24. The molecule has 5 heterocycles. The number of halogens is 1. The number of phosphoric acid groups is 1. The Kier molecular flexibility index (Phi) is 5.58. The van der Waals surface area contributed by atoms with Crippen LogP contribution < -0.4 is 11.3 Å². The Morgan fingerprint density at radius 2 is 2.22 bits per heavy atom. The van der Waals surface area contributed by atoms with Crippen LogP contribution in [-0.2, 0) is 32.3 Å². The van der Waals surface area contributed by atoms with E-state index in [1.165, 1.54) is 29.1 Å². The summed E-state index contributed by atoms with van der Waals surface area (Å²) >= 11 is 0. The lowest BCUT2D eigenvalue weighted by Gasteiger charge is -2.29. The Bertz CT molecular complexity index is 1500. The van der Waals surface area contributed by atoms with Crippen LogP contribution in [0, 0.1) is 5.82 Å². The van der Waals surface area contributed by atoms with Gasteiger partial charge >= 0.3 is 14.0 Å². The molecule has 3 N–H and O–H groups in total. The summed E-state index contributed by atoms with van der Waals surface area (Å²) in [6.45, 7) is 1.23. The van der Waals surface area contributed by atoms with Gasteiger partial charge in [-0.3, -0.25) is 27.9 Å². The number of nitrogens with one attached hydrogen (secondary N) is 1. The molecule has 3 aliphatic rings. The first kappa shape index (κ1) is 24.0. The minimum absolute atomic E-state index is 0.0355. The van der Waals surface area contributed by atoms with Gasteiger partial charge in [0.05, 0.1) is 19.3 Å². The number of anilines is 1. The molecule has 3 aromatic rings. The number of hydrogen-bond donors (Lipinski definition) is 2. The first-order chi connectivity index (χ1) is 17.6. The van der Waals surface area contributed by atoms with Crippen molar-refractivity contribution in [1.29, 1.82) is 0 Å². The molecule has 6 atom stereocenters. The smallest absolute Gasteiger partial charge is 0.424 e. The molecule has 0 unspecified atom stereocenters. The van der Waals surface area contributed by atoms with Gasteiger partial charge in [0.25, 0.3) is 5.56 Å². The number of benzene rings is 1. The van der Waals surface area contributed by atoms with Crippen LogP contribution >= 0.6 is 7.82 Å². The summed E-state index contributed by atoms with van der Waals surface area (Å²) in [5.74, 6) is -0.574. The molecule has 0 radical (unpaired) electrons. The van der Waals surface area contributed by atoms with E-state index in [0.29, 0.717) is 12.0 Å². The van der Waals surface area contributed by atoms with Crippen LogP contribution in [0.5, 0.6) is 0 Å². The molecule has 0 amide bonds. The minimum Gasteiger partial charge on any atom is -0.424 e. The number of carbonyl (C=O) groups excluding carboxylic acids is 1. The number of rotatable bonds is 5. The second kappa shape index (κ2) is 8.60. The van der Waals surface area contributed by atoms with Crippen molar-refractivity contribution in [1.82, 2.24) is 19.5 Å². The lowest BCUT2D eigenvalue weighted by Crippen LogP contribution is -2.42. The molecule has 0 saturated carbocycles. The van der Waals surface area contributed by atoms with Crippen LogP contribution in [0.3, 0.4) is 0 Å². The van der Waals surface area contributed by atoms with E-state index in [1.54, 1.807) is 13.0 Å². The van der Waals surface area contributed by atoms with Gasteiger partial charge in [0.2, 0.25) is 5.95 Å². The maximum Gasteiger partial charge on any atom is 0.509 e. The number of nitrogens with zero attached hydrogens (tertiary/aromatic N) is 3. The standard InChI is InChI=1S/C21H21FN5O9P/c1-21-15(34-20(29)35-21)13(33-18(21)27-9-24-16-14(27)17(28)26-19(23)25-16)8-32-37(30)31-6-5-12(36-37)10-3-2-4-11(22)7-10/h2-4,7,9,12-13,15,18H,5-6,8H2,1H3,(H3,23,25,26,28)/t12-,13+,15+,18+,21+,37+/m0/s1. The van der Waals surface area contributed by atoms with Crippen molar-refractivity contribution in [3.05, 3.63) is 52.3 Å². The molecule has 37 heavy (non-hydrogen) atoms. The molecule has 16 heteroatoms. The van der Waals surface area contributed by atoms with E-state index >= 15 is 0 Å². The lowest BCUT2D eigenvalue weighted by molar-refractivity contribution is -0.0924. The Labute approximate surface area is 207 Å². The summed E-state index contributed by atoms with van der Waals surface area (Å²) in [6, 6.07) is 5.74. The highest BCUT2D eigenvalue weighted by molar-refractivity contribution is 7.48. The van der Waals surface area contributed by atoms with Gasteiger partial charge in [-0.1, -0.05) is 12.1 Å². The predicted octanol–water partition coefficient (Wildman–Crippen LogP) is 2.34. The second-order valence-electron chi connectivity index (χ2n) is 8.89. The number of ether oxygens (including phenoxy) is 3. The van der Waals surface area contributed by atoms with E-state index < -0.39 is 55.5 Å². The monoisotopic (exact) mass is 537 g/mol. The van der Waals surface area contributed by atoms with Crippen LogP contribution in [0.2, 0.25) is 0 Å². The minimum atomic E-state index is -4.09. The van der Waals surface area contributed by atoms with E-state index in [2.05, 4.69) is 15.0 Å². The van der Waals surface area contributed by atoms with E-state index in [9.17, 15) is 18.5 Å². The number of H-pyrrole nitrogens is 1. The Morgan fingerprint density at radius 3 is 3.03 bits per heavy atom. The van der Waals surface area contributed by atoms with Crippen molar-refractivity contribution >= 4 is 31.1 Å². The van der Waals surface area contributed by atoms with Crippen molar-refractivity contribution in [2.24, 2.45) is 0 Å². The molecule has 0 spiro atoms. The summed E-state index contributed by atoms with van der Waals surface area (Å²) in [5.41, 5.74) is 4.20. The number of imidazole rings is 1. The number of carbonyl (C=O) groups is 1. The highest BCUT2D eigenvalue weighted by atomic mass is 31.2. The van der Waals surface area contributed by atoms with Gasteiger partial charge in [-0.15, -0.1) is 0 Å². The van der Waals surface area contributed by atoms with E-state index in [4.69, 9.17) is 33.5 Å². The predicted molar refractivity (Wildman–Crippen MR) is 121 cm³/mol. The summed E-state index contributed by atoms with van der Waals surface area (Å²) in [7, 11) is -4.09. The van der Waals surface area contributed by atoms with Gasteiger partial charge in [0, 0.05) is 6.42 Å². The van der Waals surface area contributed by atoms with E-state index in [1.807, 2.05) is 0 Å². The van der Waals surface area contributed by atoms with Gasteiger partial charge in [-0.2, -0.15) is 4.98 Å². The molecule has 3 aliphatic heterocycles. The van der Waals surface area contributed by atoms with E-state index in [-0.39, 0.29) is 30.3 Å². The maximum atomic E-state index is 13.7. The van der Waals surface area contributed by atoms with Crippen molar-refractivity contribution in [3.8, 4) is 0 Å². The van der Waals surface area contributed by atoms with E-state index in [0.717, 1.165) is 0 Å². The quantitative estimate of drug-likeness (QED) is 0.359. The van der Waals surface area contributed by atoms with Crippen molar-refractivity contribution < 1.29 is 41.5 Å². The molecule has 0 aliphatic carbocycles. The fourth-order valence-corrected chi connectivity index (χ4v) is 6.18. The molecule has 3 fully saturated rings. The fraction of sp³-hybridized carbons (Fsp3) is 0.429. The zero-order valence-corrected chi connectivity index (χ0v) is 20.1. The Hall–Kier alpha value is -3.36. The SMILES string of the molecule is C[C@@]12OC(=O)O[C@@H]1[C@@H](CO[P@@]1(=O)OCC[C@@H](c3cccc(F)c3)O1)O[C@H]2n1cnc2nc(N)[nH]c(=O)c21. The van der Waals surface area contributed by atoms with Crippen LogP contribution in [-0.4, -0.2) is 56.7 Å². The molecule has 1 aromatic carbocycles. The molecular formula is C21H21FN5O9P. The van der Waals surface area contributed by atoms with Crippen LogP contribution in [0.15, 0.2) is 35.4 Å². The zero-order valence-electron chi connectivity index (χ0n) is 19.2. The number of nitrogens with two attached hydrogens (primary N) is 1. The molecule has 14 nitrogen and oxygen atoms in total. The molecule has 2 aromatic heterocycles. The van der Waals surface area contributed by atoms with Crippen molar-refractivity contribution in [2.45, 2.75) is 43.5 Å². The number of phosphoric ester groups is 1. The zero-order chi connectivity index (χ0) is 25.9. The third-order valence-corrected chi connectivity index (χ3v) is 7.91. The largest absolute Gasteiger partial charge is 0.509 e. The first-order valence-electron chi connectivity index (χ1n) is 11.3. The van der Waals surface area contributed by atoms with Crippen LogP contribution in [0.4, 0.5) is 15.1 Å². The first-order valence-corrected chi connectivity index (χ1v) is 12.7. The number of aromatic amines is 1. The van der Waals surface area contributed by atoms with Crippen molar-refractivity contribution in [3.63, 3.8) is 0 Å². The normalized spacial score (nSPS) is 33.3. The van der Waals surface area contributed by atoms with Crippen LogP contribution in [0.25, 0.3) is 11.2 Å². The second-order valence-corrected chi connectivity index (χ2v) is 10.5. The molecule has 196 valence electrons. The highest BCUT2D eigenvalue weighted by Gasteiger charge is 2.64. The number of aromatic nitrogens is 4. The van der Waals surface area contributed by atoms with Gasteiger partial charge in [0.1, 0.15) is 18.2 Å². The lowest BCUT2D eigenvalue weighted by atomic mass is 9.96. The van der Waals surface area contributed by atoms with Crippen LogP contribution in [0.1, 0.15) is 31.2 Å². The summed E-state index contributed by atoms with van der Waals surface area (Å²) in [5, 5.41) is 0. The number of nitrogen functional groups attached to an aromatic ring is 1. The third-order valence-electron chi connectivity index (χ3n) is 6.44. The number of hydrogen-bond acceptors (Lipinski definition) is 12. The molecule has 0 bridgehead atoms. The average Bonchev–Trinajstić information content (AvgIpc) is 3.47. The van der Waals surface area contributed by atoms with Gasteiger partial charge < -0.3 is 19.9 Å². The molecule has 3 saturated heterocycles. The maximum absolute atomic E-state index is 13.7. The summed E-state index contributed by atoms with van der Waals surface area (Å²) in [4.78, 5) is 35.1. The summed E-state index contributed by atoms with van der Waals surface area (Å²) in [6.07, 6.45) is -3.10. The number of fused-ring (bicyclic) bond motifs is 2. The third kappa shape index (κ3) is 4.08. The van der Waals surface area contributed by atoms with Crippen molar-refractivity contribution in [2.75, 3.05) is 18.9 Å². The fourth-order valence-electron chi connectivity index (χ4n) is 4.78. The van der Waals surface area contributed by atoms with Gasteiger partial charge in [-0.25, -0.2) is 18.7 Å². The highest BCUT2D eigenvalue weighted by Crippen LogP contribution is 2.58. The Morgan fingerprint density at radius 1 is 1.38 bits per heavy atom. The topological polar surface area (TPSA) is 179 Å². The molecular weight excluding hydrogens is 516 g/mol. The summed E-state index contributed by atoms with van der Waals surface area (Å²) < 4.78 is 61.5. The average molecular weight is 537 g/mol.